The number of rotatable bonds is 1. The van der Waals surface area contributed by atoms with Crippen LogP contribution >= 0.6 is 11.8 Å². The van der Waals surface area contributed by atoms with Gasteiger partial charge in [-0.05, 0) is 13.2 Å². The van der Waals surface area contributed by atoms with Crippen LogP contribution in [0, 0.1) is 12.7 Å². The van der Waals surface area contributed by atoms with Crippen molar-refractivity contribution in [2.45, 2.75) is 12.1 Å². The molecule has 0 spiro atoms. The summed E-state index contributed by atoms with van der Waals surface area (Å²) >= 11 is 1.24. The summed E-state index contributed by atoms with van der Waals surface area (Å²) < 4.78 is 13.7. The molecular formula is C9H9FN4OS. The lowest BCUT2D eigenvalue weighted by atomic mass is 10.2. The van der Waals surface area contributed by atoms with E-state index in [0.717, 1.165) is 0 Å². The number of fused-ring (bicyclic) bond motifs is 1. The van der Waals surface area contributed by atoms with E-state index in [0.29, 0.717) is 5.16 Å². The summed E-state index contributed by atoms with van der Waals surface area (Å²) in [6.07, 6.45) is 1.75. The number of H-pyrrole nitrogens is 1. The van der Waals surface area contributed by atoms with Crippen LogP contribution in [0.25, 0.3) is 10.9 Å². The van der Waals surface area contributed by atoms with Gasteiger partial charge in [0.15, 0.2) is 11.0 Å². The summed E-state index contributed by atoms with van der Waals surface area (Å²) in [7, 11) is 0. The molecule has 0 atom stereocenters. The lowest BCUT2D eigenvalue weighted by Gasteiger charge is -2.05. The molecule has 0 fully saturated rings. The van der Waals surface area contributed by atoms with Gasteiger partial charge in [0.05, 0.1) is 5.69 Å². The Morgan fingerprint density at radius 3 is 2.75 bits per heavy atom. The molecule has 0 saturated heterocycles. The maximum absolute atomic E-state index is 13.7. The predicted molar refractivity (Wildman–Crippen MR) is 61.0 cm³/mol. The van der Waals surface area contributed by atoms with Crippen molar-refractivity contribution in [2.75, 3.05) is 12.0 Å². The Kier molecular flexibility index (Phi) is 2.55. The van der Waals surface area contributed by atoms with Crippen LogP contribution < -0.4 is 11.3 Å². The summed E-state index contributed by atoms with van der Waals surface area (Å²) in [4.78, 5) is 21.8. The van der Waals surface area contributed by atoms with E-state index in [1.807, 2.05) is 0 Å². The lowest BCUT2D eigenvalue weighted by Crippen LogP contribution is -2.14. The molecule has 0 aliphatic rings. The highest BCUT2D eigenvalue weighted by atomic mass is 32.2. The zero-order valence-electron chi connectivity index (χ0n) is 8.67. The first-order valence-corrected chi connectivity index (χ1v) is 5.66. The quantitative estimate of drug-likeness (QED) is 0.575. The molecule has 0 radical (unpaired) electrons. The number of nitrogens with two attached hydrogens (primary N) is 1. The Hall–Kier alpha value is -1.63. The van der Waals surface area contributed by atoms with Crippen LogP contribution in [0.2, 0.25) is 0 Å². The number of aromatic nitrogens is 3. The molecule has 16 heavy (non-hydrogen) atoms. The zero-order chi connectivity index (χ0) is 11.9. The van der Waals surface area contributed by atoms with E-state index in [1.165, 1.54) is 18.7 Å². The summed E-state index contributed by atoms with van der Waals surface area (Å²) in [5.41, 5.74) is 5.24. The molecule has 0 aromatic carbocycles. The number of nitrogens with zero attached hydrogens (tertiary/aromatic N) is 2. The van der Waals surface area contributed by atoms with Crippen LogP contribution in [0.15, 0.2) is 9.95 Å². The Bertz CT molecular complexity index is 625. The van der Waals surface area contributed by atoms with E-state index in [4.69, 9.17) is 5.73 Å². The second-order valence-electron chi connectivity index (χ2n) is 3.21. The lowest BCUT2D eigenvalue weighted by molar-refractivity contribution is 0.616. The van der Waals surface area contributed by atoms with Crippen molar-refractivity contribution < 1.29 is 4.39 Å². The fourth-order valence-electron chi connectivity index (χ4n) is 1.40. The van der Waals surface area contributed by atoms with Gasteiger partial charge in [0.2, 0.25) is 0 Å². The molecule has 3 N–H and O–H groups in total. The third-order valence-corrected chi connectivity index (χ3v) is 2.71. The molecular weight excluding hydrogens is 231 g/mol. The first-order valence-electron chi connectivity index (χ1n) is 4.44. The SMILES string of the molecule is CSc1nc(N)c2c(=O)[nH]c(C)c(F)c2n1. The zero-order valence-corrected chi connectivity index (χ0v) is 9.48. The molecule has 0 aliphatic carbocycles. The van der Waals surface area contributed by atoms with Crippen LogP contribution in [0.4, 0.5) is 10.2 Å². The number of anilines is 1. The van der Waals surface area contributed by atoms with Gasteiger partial charge in [-0.25, -0.2) is 14.4 Å². The number of thioether (sulfide) groups is 1. The van der Waals surface area contributed by atoms with Gasteiger partial charge in [-0.1, -0.05) is 11.8 Å². The minimum atomic E-state index is -0.570. The van der Waals surface area contributed by atoms with Crippen molar-refractivity contribution in [1.29, 1.82) is 0 Å². The standard InChI is InChI=1S/C9H9FN4OS/c1-3-5(10)6-4(8(15)12-3)7(11)14-9(13-6)16-2/h1-2H3,(H,12,15)(H2,11,13,14). The number of halogens is 1. The van der Waals surface area contributed by atoms with Crippen LogP contribution in [-0.2, 0) is 0 Å². The van der Waals surface area contributed by atoms with Crippen LogP contribution in [-0.4, -0.2) is 21.2 Å². The van der Waals surface area contributed by atoms with E-state index in [1.54, 1.807) is 6.26 Å². The molecule has 2 heterocycles. The highest BCUT2D eigenvalue weighted by Crippen LogP contribution is 2.21. The molecule has 5 nitrogen and oxygen atoms in total. The van der Waals surface area contributed by atoms with E-state index >= 15 is 0 Å². The molecule has 84 valence electrons. The molecule has 0 unspecified atom stereocenters. The molecule has 2 aromatic rings. The van der Waals surface area contributed by atoms with Gasteiger partial charge in [-0.2, -0.15) is 0 Å². The number of aromatic amines is 1. The summed E-state index contributed by atoms with van der Waals surface area (Å²) in [6, 6.07) is 0. The molecule has 7 heteroatoms. The van der Waals surface area contributed by atoms with Gasteiger partial charge >= 0.3 is 0 Å². The van der Waals surface area contributed by atoms with Crippen LogP contribution in [0.5, 0.6) is 0 Å². The number of aryl methyl sites for hydroxylation is 1. The van der Waals surface area contributed by atoms with Crippen molar-refractivity contribution in [3.8, 4) is 0 Å². The van der Waals surface area contributed by atoms with Gasteiger partial charge in [-0.3, -0.25) is 4.79 Å². The number of hydrogen-bond donors (Lipinski definition) is 2. The summed E-state index contributed by atoms with van der Waals surface area (Å²) in [5.74, 6) is -0.575. The Labute approximate surface area is 94.3 Å². The predicted octanol–water partition coefficient (Wildman–Crippen LogP) is 1.07. The Balaban J connectivity index is 3.00. The number of nitrogen functional groups attached to an aromatic ring is 1. The smallest absolute Gasteiger partial charge is 0.261 e. The summed E-state index contributed by atoms with van der Waals surface area (Å²) in [6.45, 7) is 1.47. The van der Waals surface area contributed by atoms with E-state index in [9.17, 15) is 9.18 Å². The van der Waals surface area contributed by atoms with Gasteiger partial charge in [0, 0.05) is 0 Å². The molecule has 0 amide bonds. The van der Waals surface area contributed by atoms with Crippen molar-refractivity contribution >= 4 is 28.5 Å². The third kappa shape index (κ3) is 1.53. The number of hydrogen-bond acceptors (Lipinski definition) is 5. The van der Waals surface area contributed by atoms with Gasteiger partial charge in [-0.15, -0.1) is 0 Å². The minimum Gasteiger partial charge on any atom is -0.383 e. The average Bonchev–Trinajstić information content (AvgIpc) is 2.24. The second-order valence-corrected chi connectivity index (χ2v) is 3.99. The van der Waals surface area contributed by atoms with Crippen molar-refractivity contribution in [2.24, 2.45) is 0 Å². The first kappa shape index (κ1) is 10.9. The van der Waals surface area contributed by atoms with Gasteiger partial charge < -0.3 is 10.7 Å². The maximum atomic E-state index is 13.7. The van der Waals surface area contributed by atoms with Gasteiger partial charge in [0.25, 0.3) is 5.56 Å². The van der Waals surface area contributed by atoms with Crippen molar-refractivity contribution in [3.63, 3.8) is 0 Å². The van der Waals surface area contributed by atoms with E-state index < -0.39 is 11.4 Å². The summed E-state index contributed by atoms with van der Waals surface area (Å²) in [5, 5.41) is 0.342. The largest absolute Gasteiger partial charge is 0.383 e. The number of nitrogens with one attached hydrogen (secondary N) is 1. The molecule has 0 aliphatic heterocycles. The first-order chi connectivity index (χ1) is 7.54. The fourth-order valence-corrected chi connectivity index (χ4v) is 1.77. The topological polar surface area (TPSA) is 84.7 Å². The highest BCUT2D eigenvalue weighted by Gasteiger charge is 2.14. The van der Waals surface area contributed by atoms with E-state index in [-0.39, 0.29) is 22.4 Å². The van der Waals surface area contributed by atoms with Gasteiger partial charge in [0.1, 0.15) is 16.7 Å². The molecule has 0 saturated carbocycles. The normalized spacial score (nSPS) is 10.9. The van der Waals surface area contributed by atoms with Crippen LogP contribution in [0.3, 0.4) is 0 Å². The Morgan fingerprint density at radius 2 is 2.12 bits per heavy atom. The molecule has 2 aromatic heterocycles. The number of pyridine rings is 1. The van der Waals surface area contributed by atoms with E-state index in [2.05, 4.69) is 15.0 Å². The maximum Gasteiger partial charge on any atom is 0.261 e. The molecule has 0 bridgehead atoms. The van der Waals surface area contributed by atoms with Crippen molar-refractivity contribution in [1.82, 2.24) is 15.0 Å². The Morgan fingerprint density at radius 1 is 1.44 bits per heavy atom. The van der Waals surface area contributed by atoms with Crippen molar-refractivity contribution in [3.05, 3.63) is 21.9 Å². The molecule has 2 rings (SSSR count). The monoisotopic (exact) mass is 240 g/mol. The minimum absolute atomic E-state index is 0.000833. The van der Waals surface area contributed by atoms with Crippen LogP contribution in [0.1, 0.15) is 5.69 Å². The highest BCUT2D eigenvalue weighted by molar-refractivity contribution is 7.98. The second kappa shape index (κ2) is 3.75. The third-order valence-electron chi connectivity index (χ3n) is 2.16. The average molecular weight is 240 g/mol. The fraction of sp³-hybridized carbons (Fsp3) is 0.222.